The molecule has 1 atom stereocenters. The zero-order valence-electron chi connectivity index (χ0n) is 12.5. The molecule has 0 spiro atoms. The van der Waals surface area contributed by atoms with E-state index >= 15 is 0 Å². The van der Waals surface area contributed by atoms with Crippen molar-refractivity contribution in [3.05, 3.63) is 0 Å². The maximum absolute atomic E-state index is 11.1. The Bertz CT molecular complexity index is 234. The molecule has 0 radical (unpaired) electrons. The largest absolute Gasteiger partial charge is 0.480 e. The number of hydrogen-bond donors (Lipinski definition) is 2. The molecular weight excluding hydrogens is 228 g/mol. The highest BCUT2D eigenvalue weighted by molar-refractivity contribution is 5.78. The van der Waals surface area contributed by atoms with Crippen LogP contribution in [0.4, 0.5) is 0 Å². The lowest BCUT2D eigenvalue weighted by molar-refractivity contribution is -0.144. The van der Waals surface area contributed by atoms with E-state index in [9.17, 15) is 4.79 Å². The molecule has 0 aromatic rings. The van der Waals surface area contributed by atoms with Crippen LogP contribution in [-0.4, -0.2) is 48.7 Å². The van der Waals surface area contributed by atoms with Crippen LogP contribution in [0.2, 0.25) is 0 Å². The van der Waals surface area contributed by atoms with Gasteiger partial charge in [-0.05, 0) is 59.8 Å². The first kappa shape index (κ1) is 17.4. The van der Waals surface area contributed by atoms with Crippen molar-refractivity contribution in [1.29, 1.82) is 0 Å². The number of carboxylic acids is 1. The number of unbranched alkanes of at least 4 members (excludes halogenated alkanes) is 3. The van der Waals surface area contributed by atoms with Crippen molar-refractivity contribution in [1.82, 2.24) is 10.2 Å². The fourth-order valence-electron chi connectivity index (χ4n) is 1.94. The zero-order valence-corrected chi connectivity index (χ0v) is 12.5. The number of carboxylic acid groups (broad SMARTS) is 1. The van der Waals surface area contributed by atoms with E-state index < -0.39 is 11.5 Å². The maximum atomic E-state index is 11.1. The van der Waals surface area contributed by atoms with Gasteiger partial charge in [-0.1, -0.05) is 19.8 Å². The predicted molar refractivity (Wildman–Crippen MR) is 76.0 cm³/mol. The summed E-state index contributed by atoms with van der Waals surface area (Å²) in [6, 6.07) is 0. The van der Waals surface area contributed by atoms with E-state index in [0.29, 0.717) is 6.42 Å². The summed E-state index contributed by atoms with van der Waals surface area (Å²) in [6.45, 7) is 6.17. The van der Waals surface area contributed by atoms with Crippen LogP contribution in [0.1, 0.15) is 52.4 Å². The molecule has 0 saturated heterocycles. The summed E-state index contributed by atoms with van der Waals surface area (Å²) in [5.41, 5.74) is -0.777. The second-order valence-corrected chi connectivity index (χ2v) is 5.35. The zero-order chi connectivity index (χ0) is 14.0. The van der Waals surface area contributed by atoms with E-state index in [1.807, 2.05) is 0 Å². The van der Waals surface area contributed by atoms with Gasteiger partial charge in [-0.3, -0.25) is 4.79 Å². The van der Waals surface area contributed by atoms with Gasteiger partial charge in [0.05, 0.1) is 0 Å². The van der Waals surface area contributed by atoms with Gasteiger partial charge in [-0.15, -0.1) is 0 Å². The van der Waals surface area contributed by atoms with Crippen molar-refractivity contribution >= 4 is 5.97 Å². The van der Waals surface area contributed by atoms with Gasteiger partial charge in [0.1, 0.15) is 5.54 Å². The first-order valence-corrected chi connectivity index (χ1v) is 7.07. The van der Waals surface area contributed by atoms with Crippen LogP contribution in [0.3, 0.4) is 0 Å². The molecule has 0 aliphatic heterocycles. The van der Waals surface area contributed by atoms with E-state index in [1.54, 1.807) is 14.0 Å². The van der Waals surface area contributed by atoms with Crippen LogP contribution in [-0.2, 0) is 4.79 Å². The smallest absolute Gasteiger partial charge is 0.323 e. The Morgan fingerprint density at radius 3 is 2.22 bits per heavy atom. The van der Waals surface area contributed by atoms with Crippen molar-refractivity contribution in [2.75, 3.05) is 27.2 Å². The number of nitrogens with one attached hydrogen (secondary N) is 1. The molecule has 0 aliphatic rings. The molecule has 1 unspecified atom stereocenters. The molecular formula is C14H30N2O2. The molecule has 0 saturated carbocycles. The SMILES string of the molecule is CCCCCN(C)CCCCC(C)(NC)C(=O)O. The molecule has 0 amide bonds. The summed E-state index contributed by atoms with van der Waals surface area (Å²) < 4.78 is 0. The van der Waals surface area contributed by atoms with Gasteiger partial charge in [0.2, 0.25) is 0 Å². The number of hydrogen-bond acceptors (Lipinski definition) is 3. The van der Waals surface area contributed by atoms with Crippen LogP contribution >= 0.6 is 0 Å². The Morgan fingerprint density at radius 1 is 1.22 bits per heavy atom. The molecule has 4 nitrogen and oxygen atoms in total. The fraction of sp³-hybridized carbons (Fsp3) is 0.929. The van der Waals surface area contributed by atoms with E-state index in [-0.39, 0.29) is 0 Å². The van der Waals surface area contributed by atoms with Gasteiger partial charge in [0.25, 0.3) is 0 Å². The molecule has 0 bridgehead atoms. The Kier molecular flexibility index (Phi) is 9.02. The van der Waals surface area contributed by atoms with Crippen LogP contribution in [0.15, 0.2) is 0 Å². The molecule has 0 aromatic heterocycles. The average Bonchev–Trinajstić information content (AvgIpc) is 2.34. The van der Waals surface area contributed by atoms with Crippen LogP contribution in [0.25, 0.3) is 0 Å². The fourth-order valence-corrected chi connectivity index (χ4v) is 1.94. The Balaban J connectivity index is 3.69. The van der Waals surface area contributed by atoms with Gasteiger partial charge in [-0.2, -0.15) is 0 Å². The predicted octanol–water partition coefficient (Wildman–Crippen LogP) is 2.34. The van der Waals surface area contributed by atoms with Gasteiger partial charge in [0, 0.05) is 0 Å². The van der Waals surface area contributed by atoms with Crippen LogP contribution in [0.5, 0.6) is 0 Å². The quantitative estimate of drug-likeness (QED) is 0.559. The third-order valence-corrected chi connectivity index (χ3v) is 3.63. The molecule has 0 fully saturated rings. The topological polar surface area (TPSA) is 52.6 Å². The molecule has 4 heteroatoms. The minimum absolute atomic E-state index is 0.682. The third kappa shape index (κ3) is 6.97. The maximum Gasteiger partial charge on any atom is 0.323 e. The van der Waals surface area contributed by atoms with Crippen molar-refractivity contribution < 1.29 is 9.90 Å². The average molecular weight is 258 g/mol. The third-order valence-electron chi connectivity index (χ3n) is 3.63. The molecule has 0 rings (SSSR count). The summed E-state index contributed by atoms with van der Waals surface area (Å²) in [4.78, 5) is 13.4. The van der Waals surface area contributed by atoms with E-state index in [4.69, 9.17) is 5.11 Å². The highest BCUT2D eigenvalue weighted by atomic mass is 16.4. The van der Waals surface area contributed by atoms with Crippen molar-refractivity contribution in [2.24, 2.45) is 0 Å². The van der Waals surface area contributed by atoms with Gasteiger partial charge in [-0.25, -0.2) is 0 Å². The Hall–Kier alpha value is -0.610. The van der Waals surface area contributed by atoms with Crippen molar-refractivity contribution in [3.63, 3.8) is 0 Å². The van der Waals surface area contributed by atoms with E-state index in [1.165, 1.54) is 19.3 Å². The summed E-state index contributed by atoms with van der Waals surface area (Å²) >= 11 is 0. The van der Waals surface area contributed by atoms with Gasteiger partial charge in [0.15, 0.2) is 0 Å². The van der Waals surface area contributed by atoms with E-state index in [2.05, 4.69) is 24.2 Å². The minimum atomic E-state index is -0.777. The van der Waals surface area contributed by atoms with Crippen LogP contribution < -0.4 is 5.32 Å². The van der Waals surface area contributed by atoms with Gasteiger partial charge >= 0.3 is 5.97 Å². The lowest BCUT2D eigenvalue weighted by atomic mass is 9.95. The molecule has 18 heavy (non-hydrogen) atoms. The lowest BCUT2D eigenvalue weighted by Crippen LogP contribution is -2.47. The molecule has 0 heterocycles. The number of carbonyl (C=O) groups is 1. The van der Waals surface area contributed by atoms with Crippen LogP contribution in [0, 0.1) is 0 Å². The Morgan fingerprint density at radius 2 is 1.78 bits per heavy atom. The number of likely N-dealkylation sites (N-methyl/N-ethyl adjacent to an activating group) is 1. The summed E-state index contributed by atoms with van der Waals surface area (Å²) in [5.74, 6) is -0.763. The molecule has 0 aliphatic carbocycles. The normalized spacial score (nSPS) is 14.7. The van der Waals surface area contributed by atoms with E-state index in [0.717, 1.165) is 25.9 Å². The highest BCUT2D eigenvalue weighted by Gasteiger charge is 2.29. The summed E-state index contributed by atoms with van der Waals surface area (Å²) in [5, 5.41) is 12.0. The number of aliphatic carboxylic acids is 1. The Labute approximate surface area is 112 Å². The summed E-state index contributed by atoms with van der Waals surface area (Å²) in [7, 11) is 3.86. The van der Waals surface area contributed by atoms with Crippen molar-refractivity contribution in [3.8, 4) is 0 Å². The number of rotatable bonds is 11. The second kappa shape index (κ2) is 9.34. The molecule has 108 valence electrons. The standard InChI is InChI=1S/C14H30N2O2/c1-5-6-8-11-16(4)12-9-7-10-14(2,15-3)13(17)18/h15H,5-12H2,1-4H3,(H,17,18). The minimum Gasteiger partial charge on any atom is -0.480 e. The van der Waals surface area contributed by atoms with Crippen molar-refractivity contribution in [2.45, 2.75) is 57.9 Å². The first-order chi connectivity index (χ1) is 8.46. The number of nitrogens with zero attached hydrogens (tertiary/aromatic N) is 1. The second-order valence-electron chi connectivity index (χ2n) is 5.35. The molecule has 2 N–H and O–H groups in total. The highest BCUT2D eigenvalue weighted by Crippen LogP contribution is 2.13. The monoisotopic (exact) mass is 258 g/mol. The van der Waals surface area contributed by atoms with Gasteiger partial charge < -0.3 is 15.3 Å². The summed E-state index contributed by atoms with van der Waals surface area (Å²) in [6.07, 6.45) is 6.50. The first-order valence-electron chi connectivity index (χ1n) is 7.07. The lowest BCUT2D eigenvalue weighted by Gasteiger charge is -2.24. The molecule has 0 aromatic carbocycles.